The molecule has 1 aliphatic rings. The van der Waals surface area contributed by atoms with E-state index in [2.05, 4.69) is 28.5 Å². The van der Waals surface area contributed by atoms with Gasteiger partial charge in [-0.05, 0) is 72.9 Å². The summed E-state index contributed by atoms with van der Waals surface area (Å²) in [6.07, 6.45) is 2.36. The second-order valence-electron chi connectivity index (χ2n) is 8.39. The zero-order chi connectivity index (χ0) is 23.0. The first kappa shape index (κ1) is 22.8. The Kier molecular flexibility index (Phi) is 7.58. The highest BCUT2D eigenvalue weighted by Gasteiger charge is 2.19. The monoisotopic (exact) mass is 459 g/mol. The number of piperidine rings is 1. The standard InChI is InChI=1S/C27H29N3O2S/c1-20-15-17-30(18-16-20)25-10-6-5-9-24(25)28-27(33)29-26(31)22-11-13-23(14-12-22)32-19-21-7-3-2-4-8-21/h2-14,20H,15-19H2,1H3,(H2,28,29,31,33). The number of carbonyl (C=O) groups is 1. The van der Waals surface area contributed by atoms with Gasteiger partial charge in [-0.1, -0.05) is 49.4 Å². The number of thiocarbonyl (C=S) groups is 1. The minimum Gasteiger partial charge on any atom is -0.489 e. The molecular weight excluding hydrogens is 430 g/mol. The van der Waals surface area contributed by atoms with Gasteiger partial charge in [0, 0.05) is 18.7 Å². The smallest absolute Gasteiger partial charge is 0.257 e. The van der Waals surface area contributed by atoms with Crippen molar-refractivity contribution in [2.24, 2.45) is 5.92 Å². The van der Waals surface area contributed by atoms with Crippen LogP contribution in [0.2, 0.25) is 0 Å². The van der Waals surface area contributed by atoms with Crippen LogP contribution in [0.5, 0.6) is 5.75 Å². The maximum absolute atomic E-state index is 12.7. The largest absolute Gasteiger partial charge is 0.489 e. The molecule has 0 saturated carbocycles. The lowest BCUT2D eigenvalue weighted by Gasteiger charge is -2.33. The van der Waals surface area contributed by atoms with Gasteiger partial charge in [0.15, 0.2) is 5.11 Å². The van der Waals surface area contributed by atoms with Crippen LogP contribution in [0, 0.1) is 5.92 Å². The predicted molar refractivity (Wildman–Crippen MR) is 138 cm³/mol. The number of ether oxygens (including phenoxy) is 1. The van der Waals surface area contributed by atoms with Crippen LogP contribution in [0.3, 0.4) is 0 Å². The number of amides is 1. The molecule has 1 saturated heterocycles. The number of carbonyl (C=O) groups excluding carboxylic acids is 1. The summed E-state index contributed by atoms with van der Waals surface area (Å²) in [5.41, 5.74) is 3.63. The van der Waals surface area contributed by atoms with Crippen molar-refractivity contribution < 1.29 is 9.53 Å². The number of para-hydroxylation sites is 2. The van der Waals surface area contributed by atoms with Crippen molar-refractivity contribution in [1.29, 1.82) is 0 Å². The summed E-state index contributed by atoms with van der Waals surface area (Å²) in [6.45, 7) is 4.83. The fraction of sp³-hybridized carbons (Fsp3) is 0.259. The van der Waals surface area contributed by atoms with Crippen LogP contribution < -0.4 is 20.3 Å². The topological polar surface area (TPSA) is 53.6 Å². The third kappa shape index (κ3) is 6.33. The molecule has 0 unspecified atom stereocenters. The number of nitrogens with zero attached hydrogens (tertiary/aromatic N) is 1. The molecule has 0 radical (unpaired) electrons. The van der Waals surface area contributed by atoms with E-state index in [0.717, 1.165) is 35.9 Å². The Labute approximate surface area is 200 Å². The van der Waals surface area contributed by atoms with Gasteiger partial charge in [0.2, 0.25) is 0 Å². The zero-order valence-corrected chi connectivity index (χ0v) is 19.6. The molecular formula is C27H29N3O2S. The lowest BCUT2D eigenvalue weighted by Crippen LogP contribution is -2.36. The van der Waals surface area contributed by atoms with E-state index in [-0.39, 0.29) is 11.0 Å². The van der Waals surface area contributed by atoms with Crippen LogP contribution in [0.15, 0.2) is 78.9 Å². The van der Waals surface area contributed by atoms with Crippen LogP contribution in [0.1, 0.15) is 35.7 Å². The first-order valence-electron chi connectivity index (χ1n) is 11.3. The van der Waals surface area contributed by atoms with Gasteiger partial charge in [0.05, 0.1) is 11.4 Å². The normalized spacial score (nSPS) is 13.9. The Morgan fingerprint density at radius 2 is 1.64 bits per heavy atom. The summed E-state index contributed by atoms with van der Waals surface area (Å²) in [5, 5.41) is 6.26. The summed E-state index contributed by atoms with van der Waals surface area (Å²) in [5.74, 6) is 1.21. The van der Waals surface area contributed by atoms with Crippen molar-refractivity contribution in [3.05, 3.63) is 90.0 Å². The molecule has 0 spiro atoms. The summed E-state index contributed by atoms with van der Waals surface area (Å²) >= 11 is 5.43. The van der Waals surface area contributed by atoms with Gasteiger partial charge in [-0.2, -0.15) is 0 Å². The van der Waals surface area contributed by atoms with Crippen molar-refractivity contribution in [3.8, 4) is 5.75 Å². The average molecular weight is 460 g/mol. The maximum Gasteiger partial charge on any atom is 0.257 e. The Bertz CT molecular complexity index is 1080. The molecule has 4 rings (SSSR count). The van der Waals surface area contributed by atoms with E-state index in [0.29, 0.717) is 17.9 Å². The summed E-state index contributed by atoms with van der Waals surface area (Å²) in [4.78, 5) is 15.0. The molecule has 1 fully saturated rings. The predicted octanol–water partition coefficient (Wildman–Crippen LogP) is 5.63. The summed E-state index contributed by atoms with van der Waals surface area (Å²) < 4.78 is 5.79. The highest BCUT2D eigenvalue weighted by atomic mass is 32.1. The van der Waals surface area contributed by atoms with Gasteiger partial charge >= 0.3 is 0 Å². The number of anilines is 2. The number of rotatable bonds is 6. The minimum absolute atomic E-state index is 0.258. The van der Waals surface area contributed by atoms with Gasteiger partial charge in [-0.3, -0.25) is 10.1 Å². The highest BCUT2D eigenvalue weighted by molar-refractivity contribution is 7.80. The molecule has 5 nitrogen and oxygen atoms in total. The molecule has 0 bridgehead atoms. The van der Waals surface area contributed by atoms with E-state index in [4.69, 9.17) is 17.0 Å². The van der Waals surface area contributed by atoms with Crippen LogP contribution >= 0.6 is 12.2 Å². The minimum atomic E-state index is -0.258. The Morgan fingerprint density at radius 3 is 2.36 bits per heavy atom. The third-order valence-corrected chi connectivity index (χ3v) is 6.07. The zero-order valence-electron chi connectivity index (χ0n) is 18.8. The lowest BCUT2D eigenvalue weighted by atomic mass is 9.98. The fourth-order valence-corrected chi connectivity index (χ4v) is 4.08. The van der Waals surface area contributed by atoms with Crippen LogP contribution in [0.25, 0.3) is 0 Å². The van der Waals surface area contributed by atoms with Crippen LogP contribution in [-0.4, -0.2) is 24.1 Å². The molecule has 1 amide bonds. The maximum atomic E-state index is 12.7. The molecule has 170 valence electrons. The molecule has 6 heteroatoms. The second-order valence-corrected chi connectivity index (χ2v) is 8.80. The van der Waals surface area contributed by atoms with E-state index < -0.39 is 0 Å². The summed E-state index contributed by atoms with van der Waals surface area (Å²) in [7, 11) is 0. The quantitative estimate of drug-likeness (QED) is 0.468. The van der Waals surface area contributed by atoms with Crippen molar-refractivity contribution >= 4 is 34.6 Å². The summed E-state index contributed by atoms with van der Waals surface area (Å²) in [6, 6.07) is 25.1. The second kappa shape index (κ2) is 11.0. The Morgan fingerprint density at radius 1 is 0.970 bits per heavy atom. The van der Waals surface area contributed by atoms with Crippen molar-refractivity contribution in [1.82, 2.24) is 5.32 Å². The Balaban J connectivity index is 1.32. The molecule has 0 aromatic heterocycles. The molecule has 1 heterocycles. The molecule has 3 aromatic carbocycles. The van der Waals surface area contributed by atoms with E-state index in [1.165, 1.54) is 12.8 Å². The van der Waals surface area contributed by atoms with Gasteiger partial charge in [-0.25, -0.2) is 0 Å². The first-order chi connectivity index (χ1) is 16.1. The van der Waals surface area contributed by atoms with Crippen molar-refractivity contribution in [2.75, 3.05) is 23.3 Å². The molecule has 0 atom stereocenters. The first-order valence-corrected chi connectivity index (χ1v) is 11.7. The number of hydrogen-bond donors (Lipinski definition) is 2. The van der Waals surface area contributed by atoms with Crippen LogP contribution in [0.4, 0.5) is 11.4 Å². The van der Waals surface area contributed by atoms with E-state index in [1.54, 1.807) is 24.3 Å². The third-order valence-electron chi connectivity index (χ3n) is 5.87. The average Bonchev–Trinajstić information content (AvgIpc) is 2.84. The van der Waals surface area contributed by atoms with Crippen molar-refractivity contribution in [3.63, 3.8) is 0 Å². The van der Waals surface area contributed by atoms with Crippen molar-refractivity contribution in [2.45, 2.75) is 26.4 Å². The lowest BCUT2D eigenvalue weighted by molar-refractivity contribution is 0.0977. The highest BCUT2D eigenvalue weighted by Crippen LogP contribution is 2.29. The van der Waals surface area contributed by atoms with Gasteiger partial charge < -0.3 is 15.0 Å². The van der Waals surface area contributed by atoms with Gasteiger partial charge in [0.1, 0.15) is 12.4 Å². The van der Waals surface area contributed by atoms with E-state index >= 15 is 0 Å². The molecule has 3 aromatic rings. The number of benzene rings is 3. The molecule has 33 heavy (non-hydrogen) atoms. The van der Waals surface area contributed by atoms with E-state index in [1.807, 2.05) is 48.5 Å². The molecule has 2 N–H and O–H groups in total. The SMILES string of the molecule is CC1CCN(c2ccccc2NC(=S)NC(=O)c2ccc(OCc3ccccc3)cc2)CC1. The molecule has 0 aliphatic carbocycles. The molecule has 1 aliphatic heterocycles. The number of nitrogens with one attached hydrogen (secondary N) is 2. The van der Waals surface area contributed by atoms with Gasteiger partial charge in [-0.15, -0.1) is 0 Å². The Hall–Kier alpha value is -3.38. The fourth-order valence-electron chi connectivity index (χ4n) is 3.88. The van der Waals surface area contributed by atoms with Crippen LogP contribution in [-0.2, 0) is 6.61 Å². The van der Waals surface area contributed by atoms with Gasteiger partial charge in [0.25, 0.3) is 5.91 Å². The van der Waals surface area contributed by atoms with E-state index in [9.17, 15) is 4.79 Å². The number of hydrogen-bond acceptors (Lipinski definition) is 4.